The van der Waals surface area contributed by atoms with Gasteiger partial charge in [-0.1, -0.05) is 13.8 Å². The van der Waals surface area contributed by atoms with E-state index in [0.29, 0.717) is 17.4 Å². The summed E-state index contributed by atoms with van der Waals surface area (Å²) in [6, 6.07) is 2.77. The summed E-state index contributed by atoms with van der Waals surface area (Å²) in [4.78, 5) is 17.4. The molecule has 2 rings (SSSR count). The molecule has 18 heavy (non-hydrogen) atoms. The van der Waals surface area contributed by atoms with Crippen LogP contribution in [0, 0.1) is 17.8 Å². The molecule has 0 aliphatic carbocycles. The molecule has 0 N–H and O–H groups in total. The summed E-state index contributed by atoms with van der Waals surface area (Å²) >= 11 is 0. The normalized spacial score (nSPS) is 17.2. The van der Waals surface area contributed by atoms with Crippen LogP contribution in [0.5, 0.6) is 0 Å². The van der Waals surface area contributed by atoms with E-state index in [1.807, 2.05) is 4.90 Å². The van der Waals surface area contributed by atoms with Crippen molar-refractivity contribution in [1.29, 1.82) is 0 Å². The molecule has 0 bridgehead atoms. The van der Waals surface area contributed by atoms with E-state index in [1.165, 1.54) is 12.3 Å². The zero-order valence-electron chi connectivity index (χ0n) is 10.9. The second kappa shape index (κ2) is 5.46. The molecule has 0 unspecified atom stereocenters. The van der Waals surface area contributed by atoms with Gasteiger partial charge in [0, 0.05) is 30.9 Å². The third-order valence-corrected chi connectivity index (χ3v) is 3.74. The third kappa shape index (κ3) is 2.86. The standard InChI is InChI=1S/C14H19FN2O/c1-10(2)11-4-7-17(8-5-11)14(18)12-3-6-16-13(15)9-12/h3,6,9-11H,4-5,7-8H2,1-2H3. The van der Waals surface area contributed by atoms with Crippen LogP contribution < -0.4 is 0 Å². The Morgan fingerprint density at radius 1 is 1.44 bits per heavy atom. The summed E-state index contributed by atoms with van der Waals surface area (Å²) in [6.45, 7) is 5.98. The van der Waals surface area contributed by atoms with Gasteiger partial charge >= 0.3 is 0 Å². The molecule has 1 fully saturated rings. The van der Waals surface area contributed by atoms with E-state index in [0.717, 1.165) is 25.9 Å². The van der Waals surface area contributed by atoms with Crippen LogP contribution in [-0.2, 0) is 0 Å². The minimum Gasteiger partial charge on any atom is -0.339 e. The molecule has 0 aromatic carbocycles. The number of pyridine rings is 1. The van der Waals surface area contributed by atoms with Crippen molar-refractivity contribution in [2.45, 2.75) is 26.7 Å². The smallest absolute Gasteiger partial charge is 0.254 e. The Bertz CT molecular complexity index is 426. The van der Waals surface area contributed by atoms with Crippen molar-refractivity contribution in [2.24, 2.45) is 11.8 Å². The molecule has 98 valence electrons. The highest BCUT2D eigenvalue weighted by molar-refractivity contribution is 5.94. The number of aromatic nitrogens is 1. The molecule has 1 aromatic rings. The lowest BCUT2D eigenvalue weighted by molar-refractivity contribution is 0.0667. The first-order valence-electron chi connectivity index (χ1n) is 6.48. The van der Waals surface area contributed by atoms with Crippen molar-refractivity contribution >= 4 is 5.91 Å². The van der Waals surface area contributed by atoms with Crippen LogP contribution in [0.4, 0.5) is 4.39 Å². The molecule has 1 aliphatic rings. The third-order valence-electron chi connectivity index (χ3n) is 3.74. The van der Waals surface area contributed by atoms with Crippen LogP contribution in [0.2, 0.25) is 0 Å². The minimum absolute atomic E-state index is 0.0847. The average molecular weight is 250 g/mol. The van der Waals surface area contributed by atoms with E-state index in [2.05, 4.69) is 18.8 Å². The maximum atomic E-state index is 13.0. The van der Waals surface area contributed by atoms with Crippen molar-refractivity contribution in [3.05, 3.63) is 29.8 Å². The molecule has 4 heteroatoms. The Morgan fingerprint density at radius 2 is 2.11 bits per heavy atom. The predicted molar refractivity (Wildman–Crippen MR) is 67.7 cm³/mol. The Hall–Kier alpha value is -1.45. The summed E-state index contributed by atoms with van der Waals surface area (Å²) in [5, 5.41) is 0. The van der Waals surface area contributed by atoms with E-state index >= 15 is 0 Å². The van der Waals surface area contributed by atoms with Crippen molar-refractivity contribution < 1.29 is 9.18 Å². The van der Waals surface area contributed by atoms with Gasteiger partial charge in [0.15, 0.2) is 0 Å². The second-order valence-electron chi connectivity index (χ2n) is 5.24. The fourth-order valence-electron chi connectivity index (χ4n) is 2.49. The molecule has 1 saturated heterocycles. The molecule has 1 aromatic heterocycles. The predicted octanol–water partition coefficient (Wildman–Crippen LogP) is 2.73. The minimum atomic E-state index is -0.599. The largest absolute Gasteiger partial charge is 0.339 e. The van der Waals surface area contributed by atoms with Gasteiger partial charge in [0.25, 0.3) is 5.91 Å². The highest BCUT2D eigenvalue weighted by Crippen LogP contribution is 2.25. The number of hydrogen-bond donors (Lipinski definition) is 0. The first kappa shape index (κ1) is 13.0. The quantitative estimate of drug-likeness (QED) is 0.756. The zero-order chi connectivity index (χ0) is 13.1. The highest BCUT2D eigenvalue weighted by Gasteiger charge is 2.25. The molecule has 3 nitrogen and oxygen atoms in total. The second-order valence-corrected chi connectivity index (χ2v) is 5.24. The number of rotatable bonds is 2. The first-order valence-corrected chi connectivity index (χ1v) is 6.48. The van der Waals surface area contributed by atoms with E-state index < -0.39 is 5.95 Å². The number of nitrogens with zero attached hydrogens (tertiary/aromatic N) is 2. The van der Waals surface area contributed by atoms with Gasteiger partial charge in [0.2, 0.25) is 5.95 Å². The zero-order valence-corrected chi connectivity index (χ0v) is 10.9. The van der Waals surface area contributed by atoms with Crippen LogP contribution in [0.3, 0.4) is 0 Å². The summed E-state index contributed by atoms with van der Waals surface area (Å²) in [5.41, 5.74) is 0.394. The Balaban J connectivity index is 1.99. The van der Waals surface area contributed by atoms with E-state index in [4.69, 9.17) is 0 Å². The van der Waals surface area contributed by atoms with Crippen LogP contribution in [-0.4, -0.2) is 28.9 Å². The average Bonchev–Trinajstić information content (AvgIpc) is 2.38. The van der Waals surface area contributed by atoms with Crippen molar-refractivity contribution in [3.63, 3.8) is 0 Å². The van der Waals surface area contributed by atoms with Crippen molar-refractivity contribution in [2.75, 3.05) is 13.1 Å². The van der Waals surface area contributed by atoms with Gasteiger partial charge in [0.1, 0.15) is 0 Å². The number of carbonyl (C=O) groups is 1. The number of piperidine rings is 1. The summed E-state index contributed by atoms with van der Waals surface area (Å²) in [7, 11) is 0. The Kier molecular flexibility index (Phi) is 3.94. The summed E-state index contributed by atoms with van der Waals surface area (Å²) in [5.74, 6) is 0.681. The van der Waals surface area contributed by atoms with Crippen LogP contribution >= 0.6 is 0 Å². The van der Waals surface area contributed by atoms with Gasteiger partial charge < -0.3 is 4.90 Å². The molecular weight excluding hydrogens is 231 g/mol. The maximum Gasteiger partial charge on any atom is 0.254 e. The SMILES string of the molecule is CC(C)C1CCN(C(=O)c2ccnc(F)c2)CC1. The molecule has 0 radical (unpaired) electrons. The number of amides is 1. The van der Waals surface area contributed by atoms with E-state index in [-0.39, 0.29) is 5.91 Å². The Morgan fingerprint density at radius 3 is 2.67 bits per heavy atom. The lowest BCUT2D eigenvalue weighted by Crippen LogP contribution is -2.39. The molecule has 1 aliphatic heterocycles. The maximum absolute atomic E-state index is 13.0. The first-order chi connectivity index (χ1) is 8.58. The molecule has 0 atom stereocenters. The summed E-state index contributed by atoms with van der Waals surface area (Å²) in [6.07, 6.45) is 3.41. The summed E-state index contributed by atoms with van der Waals surface area (Å²) < 4.78 is 13.0. The molecule has 1 amide bonds. The van der Waals surface area contributed by atoms with Gasteiger partial charge in [-0.15, -0.1) is 0 Å². The van der Waals surface area contributed by atoms with Crippen LogP contribution in [0.15, 0.2) is 18.3 Å². The Labute approximate surface area is 107 Å². The van der Waals surface area contributed by atoms with Crippen molar-refractivity contribution in [3.8, 4) is 0 Å². The van der Waals surface area contributed by atoms with Gasteiger partial charge in [-0.3, -0.25) is 4.79 Å². The lowest BCUT2D eigenvalue weighted by Gasteiger charge is -2.33. The number of carbonyl (C=O) groups excluding carboxylic acids is 1. The van der Waals surface area contributed by atoms with Gasteiger partial charge in [-0.2, -0.15) is 4.39 Å². The molecular formula is C14H19FN2O. The fourth-order valence-corrected chi connectivity index (χ4v) is 2.49. The number of likely N-dealkylation sites (tertiary alicyclic amines) is 1. The number of halogens is 1. The van der Waals surface area contributed by atoms with Gasteiger partial charge in [-0.25, -0.2) is 4.98 Å². The molecule has 2 heterocycles. The van der Waals surface area contributed by atoms with Gasteiger partial charge in [-0.05, 0) is 30.7 Å². The van der Waals surface area contributed by atoms with Gasteiger partial charge in [0.05, 0.1) is 0 Å². The van der Waals surface area contributed by atoms with Crippen LogP contribution in [0.1, 0.15) is 37.0 Å². The lowest BCUT2D eigenvalue weighted by atomic mass is 9.86. The number of hydrogen-bond acceptors (Lipinski definition) is 2. The highest BCUT2D eigenvalue weighted by atomic mass is 19.1. The molecule has 0 saturated carbocycles. The topological polar surface area (TPSA) is 33.2 Å². The monoisotopic (exact) mass is 250 g/mol. The van der Waals surface area contributed by atoms with Crippen molar-refractivity contribution in [1.82, 2.24) is 9.88 Å². The fraction of sp³-hybridized carbons (Fsp3) is 0.571. The van der Waals surface area contributed by atoms with E-state index in [9.17, 15) is 9.18 Å². The van der Waals surface area contributed by atoms with Crippen LogP contribution in [0.25, 0.3) is 0 Å². The molecule has 0 spiro atoms. The van der Waals surface area contributed by atoms with E-state index in [1.54, 1.807) is 6.07 Å².